The Morgan fingerprint density at radius 2 is 2.14 bits per heavy atom. The number of nitrogens with zero attached hydrogens (tertiary/aromatic N) is 2. The summed E-state index contributed by atoms with van der Waals surface area (Å²) < 4.78 is 0.678. The van der Waals surface area contributed by atoms with Crippen molar-refractivity contribution in [2.24, 2.45) is 10.9 Å². The third-order valence-corrected chi connectivity index (χ3v) is 3.79. The maximum Gasteiger partial charge on any atom is 0.274 e. The van der Waals surface area contributed by atoms with E-state index in [4.69, 9.17) is 22.5 Å². The van der Waals surface area contributed by atoms with Crippen molar-refractivity contribution < 1.29 is 10.0 Å². The summed E-state index contributed by atoms with van der Waals surface area (Å²) in [6.07, 6.45) is 1.35. The van der Waals surface area contributed by atoms with Crippen LogP contribution in [0.4, 0.5) is 5.69 Å². The molecular formula is C13H10BrClN4O2. The first-order valence-electron chi connectivity index (χ1n) is 5.71. The molecule has 21 heavy (non-hydrogen) atoms. The van der Waals surface area contributed by atoms with Gasteiger partial charge in [-0.05, 0) is 46.3 Å². The summed E-state index contributed by atoms with van der Waals surface area (Å²) in [5, 5.41) is 14.6. The van der Waals surface area contributed by atoms with Crippen LogP contribution in [0.25, 0.3) is 0 Å². The molecule has 2 rings (SSSR count). The fourth-order valence-electron chi connectivity index (χ4n) is 1.51. The van der Waals surface area contributed by atoms with Gasteiger partial charge in [0.2, 0.25) is 0 Å². The third-order valence-electron chi connectivity index (χ3n) is 2.58. The van der Waals surface area contributed by atoms with Gasteiger partial charge in [0, 0.05) is 21.9 Å². The highest BCUT2D eigenvalue weighted by Gasteiger charge is 2.09. The molecule has 0 aliphatic carbocycles. The smallest absolute Gasteiger partial charge is 0.274 e. The molecule has 8 heteroatoms. The van der Waals surface area contributed by atoms with Crippen LogP contribution < -0.4 is 11.1 Å². The molecule has 1 heterocycles. The van der Waals surface area contributed by atoms with Crippen molar-refractivity contribution >= 4 is 45.0 Å². The Hall–Kier alpha value is -2.12. The van der Waals surface area contributed by atoms with Gasteiger partial charge in [-0.2, -0.15) is 0 Å². The summed E-state index contributed by atoms with van der Waals surface area (Å²) in [5.41, 5.74) is 6.62. The second-order valence-corrected chi connectivity index (χ2v) is 5.26. The molecule has 108 valence electrons. The highest BCUT2D eigenvalue weighted by molar-refractivity contribution is 9.10. The normalized spacial score (nSPS) is 11.2. The van der Waals surface area contributed by atoms with Gasteiger partial charge in [-0.15, -0.1) is 0 Å². The molecule has 0 spiro atoms. The van der Waals surface area contributed by atoms with Gasteiger partial charge < -0.3 is 16.3 Å². The predicted octanol–water partition coefficient (Wildman–Crippen LogP) is 2.84. The Morgan fingerprint density at radius 1 is 1.38 bits per heavy atom. The van der Waals surface area contributed by atoms with Gasteiger partial charge >= 0.3 is 0 Å². The van der Waals surface area contributed by atoms with Crippen molar-refractivity contribution in [2.75, 3.05) is 5.32 Å². The lowest BCUT2D eigenvalue weighted by Gasteiger charge is -2.06. The molecule has 0 saturated carbocycles. The number of carbonyl (C=O) groups is 1. The second kappa shape index (κ2) is 6.55. The predicted molar refractivity (Wildman–Crippen MR) is 83.9 cm³/mol. The van der Waals surface area contributed by atoms with Crippen LogP contribution in [-0.2, 0) is 0 Å². The van der Waals surface area contributed by atoms with Crippen LogP contribution in [0, 0.1) is 0 Å². The number of nitrogens with two attached hydrogens (primary N) is 1. The first kappa shape index (κ1) is 15.3. The van der Waals surface area contributed by atoms with Crippen LogP contribution in [0.5, 0.6) is 0 Å². The Bertz CT molecular complexity index is 704. The van der Waals surface area contributed by atoms with Crippen molar-refractivity contribution in [2.45, 2.75) is 0 Å². The van der Waals surface area contributed by atoms with E-state index in [0.717, 1.165) is 0 Å². The first-order valence-corrected chi connectivity index (χ1v) is 6.88. The van der Waals surface area contributed by atoms with E-state index in [1.54, 1.807) is 18.2 Å². The van der Waals surface area contributed by atoms with Crippen LogP contribution in [-0.4, -0.2) is 21.9 Å². The average molecular weight is 370 g/mol. The Labute approximate surface area is 133 Å². The summed E-state index contributed by atoms with van der Waals surface area (Å²) in [6.45, 7) is 0. The minimum absolute atomic E-state index is 0.0731. The number of amidine groups is 1. The number of benzene rings is 1. The number of aromatic nitrogens is 1. The lowest BCUT2D eigenvalue weighted by atomic mass is 10.2. The van der Waals surface area contributed by atoms with Gasteiger partial charge in [0.25, 0.3) is 5.91 Å². The maximum absolute atomic E-state index is 12.0. The second-order valence-electron chi connectivity index (χ2n) is 4.00. The lowest BCUT2D eigenvalue weighted by molar-refractivity contribution is 0.102. The Kier molecular flexibility index (Phi) is 4.77. The molecule has 0 aliphatic rings. The number of oxime groups is 1. The molecule has 1 aromatic carbocycles. The number of rotatable bonds is 3. The number of hydrogen-bond acceptors (Lipinski definition) is 4. The van der Waals surface area contributed by atoms with E-state index in [-0.39, 0.29) is 17.4 Å². The van der Waals surface area contributed by atoms with Crippen LogP contribution in [0.2, 0.25) is 5.02 Å². The summed E-state index contributed by atoms with van der Waals surface area (Å²) in [4.78, 5) is 16.0. The Balaban J connectivity index is 2.14. The number of halogens is 2. The molecule has 0 fully saturated rings. The number of nitrogens with one attached hydrogen (secondary N) is 1. The minimum atomic E-state index is -0.379. The summed E-state index contributed by atoms with van der Waals surface area (Å²) >= 11 is 9.16. The standard InChI is InChI=1S/C13H10BrClN4O2/c14-9-5-8(2-3-10(9)15)18-13(20)11-4-1-7(6-17-11)12(16)19-21/h1-6,21H,(H2,16,19)(H,18,20). The van der Waals surface area contributed by atoms with E-state index >= 15 is 0 Å². The van der Waals surface area contributed by atoms with Gasteiger partial charge in [-0.25, -0.2) is 0 Å². The molecule has 0 aliphatic heterocycles. The van der Waals surface area contributed by atoms with Crippen molar-refractivity contribution in [3.8, 4) is 0 Å². The third kappa shape index (κ3) is 3.71. The highest BCUT2D eigenvalue weighted by Crippen LogP contribution is 2.25. The summed E-state index contributed by atoms with van der Waals surface area (Å²) in [5.74, 6) is -0.452. The van der Waals surface area contributed by atoms with Gasteiger partial charge in [-0.3, -0.25) is 9.78 Å². The fraction of sp³-hybridized carbons (Fsp3) is 0. The number of pyridine rings is 1. The molecule has 4 N–H and O–H groups in total. The number of carbonyl (C=O) groups excluding carboxylic acids is 1. The van der Waals surface area contributed by atoms with Crippen LogP contribution in [0.1, 0.15) is 16.1 Å². The Morgan fingerprint density at radius 3 is 2.71 bits per heavy atom. The highest BCUT2D eigenvalue weighted by atomic mass is 79.9. The summed E-state index contributed by atoms with van der Waals surface area (Å²) in [7, 11) is 0. The number of anilines is 1. The minimum Gasteiger partial charge on any atom is -0.409 e. The van der Waals surface area contributed by atoms with Crippen LogP contribution in [0.3, 0.4) is 0 Å². The topological polar surface area (TPSA) is 101 Å². The molecule has 0 unspecified atom stereocenters. The molecule has 0 saturated heterocycles. The largest absolute Gasteiger partial charge is 0.409 e. The van der Waals surface area contributed by atoms with Gasteiger partial charge in [-0.1, -0.05) is 16.8 Å². The van der Waals surface area contributed by atoms with Gasteiger partial charge in [0.05, 0.1) is 5.02 Å². The maximum atomic E-state index is 12.0. The van der Waals surface area contributed by atoms with Crippen LogP contribution in [0.15, 0.2) is 46.2 Å². The van der Waals surface area contributed by atoms with Gasteiger partial charge in [0.1, 0.15) is 5.69 Å². The van der Waals surface area contributed by atoms with E-state index in [9.17, 15) is 4.79 Å². The van der Waals surface area contributed by atoms with Crippen molar-refractivity contribution in [1.82, 2.24) is 4.98 Å². The molecule has 0 bridgehead atoms. The van der Waals surface area contributed by atoms with Gasteiger partial charge in [0.15, 0.2) is 5.84 Å². The van der Waals surface area contributed by atoms with Crippen molar-refractivity contribution in [3.05, 3.63) is 57.3 Å². The summed E-state index contributed by atoms with van der Waals surface area (Å²) in [6, 6.07) is 8.04. The van der Waals surface area contributed by atoms with Crippen molar-refractivity contribution in [3.63, 3.8) is 0 Å². The molecule has 1 amide bonds. The molecule has 2 aromatic rings. The molecule has 0 radical (unpaired) electrons. The number of hydrogen-bond donors (Lipinski definition) is 3. The zero-order valence-corrected chi connectivity index (χ0v) is 12.9. The molecule has 0 atom stereocenters. The van der Waals surface area contributed by atoms with Crippen molar-refractivity contribution in [1.29, 1.82) is 0 Å². The van der Waals surface area contributed by atoms with E-state index in [2.05, 4.69) is 31.4 Å². The molecule has 6 nitrogen and oxygen atoms in total. The first-order chi connectivity index (χ1) is 10.0. The van der Waals surface area contributed by atoms with E-state index < -0.39 is 0 Å². The quantitative estimate of drug-likeness (QED) is 0.335. The zero-order chi connectivity index (χ0) is 15.4. The molecular weight excluding hydrogens is 360 g/mol. The average Bonchev–Trinajstić information content (AvgIpc) is 2.50. The fourth-order valence-corrected chi connectivity index (χ4v) is 2.00. The SMILES string of the molecule is N/C(=N/O)c1ccc(C(=O)Nc2ccc(Cl)c(Br)c2)nc1. The van der Waals surface area contributed by atoms with E-state index in [0.29, 0.717) is 20.7 Å². The van der Waals surface area contributed by atoms with E-state index in [1.165, 1.54) is 18.3 Å². The van der Waals surface area contributed by atoms with Crippen LogP contribution >= 0.6 is 27.5 Å². The monoisotopic (exact) mass is 368 g/mol. The zero-order valence-electron chi connectivity index (χ0n) is 10.5. The number of amides is 1. The van der Waals surface area contributed by atoms with E-state index in [1.807, 2.05) is 0 Å². The molecule has 1 aromatic heterocycles. The lowest BCUT2D eigenvalue weighted by Crippen LogP contribution is -2.16.